The maximum Gasteiger partial charge on any atom is 0.490 e. The zero-order valence-corrected chi connectivity index (χ0v) is 34.1. The fraction of sp³-hybridized carbons (Fsp3) is 0.429. The molecule has 1 aromatic carbocycles. The molecule has 3 saturated heterocycles. The van der Waals surface area contributed by atoms with Gasteiger partial charge in [0.2, 0.25) is 0 Å². The van der Waals surface area contributed by atoms with E-state index >= 15 is 0 Å². The van der Waals surface area contributed by atoms with Crippen LogP contribution in [0, 0.1) is 0 Å². The molecule has 0 radical (unpaired) electrons. The highest BCUT2D eigenvalue weighted by atomic mass is 31.3. The van der Waals surface area contributed by atoms with Crippen LogP contribution in [0.4, 0.5) is 11.6 Å². The maximum atomic E-state index is 12.9. The first-order valence-electron chi connectivity index (χ1n) is 17.4. The molecule has 0 spiro atoms. The second-order valence-corrected chi connectivity index (χ2v) is 19.5. The fourth-order valence-corrected chi connectivity index (χ4v) is 11.6. The molecule has 0 aliphatic carbocycles. The van der Waals surface area contributed by atoms with Crippen molar-refractivity contribution in [2.45, 2.75) is 61.8 Å². The predicted molar refractivity (Wildman–Crippen MR) is 197 cm³/mol. The van der Waals surface area contributed by atoms with Crippen molar-refractivity contribution >= 4 is 65.3 Å². The van der Waals surface area contributed by atoms with Crippen molar-refractivity contribution in [3.05, 3.63) is 61.2 Å². The average Bonchev–Trinajstić information content (AvgIpc) is 4.00. The van der Waals surface area contributed by atoms with Crippen LogP contribution in [0.25, 0.3) is 22.3 Å². The molecule has 7 heterocycles. The summed E-state index contributed by atoms with van der Waals surface area (Å²) in [7, 11) is -23.9. The number of hydrogen-bond acceptors (Lipinski definition) is 23. The van der Waals surface area contributed by atoms with Gasteiger partial charge in [-0.2, -0.15) is 12.9 Å². The standard InChI is InChI=1S/C28H34N10O19P4/c29-23-17-25(33-9-31-23)37(11-35-17)27-20(40)19(39)14(51-27)7-49-58(41,42)55-60(45,46)57-61(47,48)56-59(43,44)50-8-15-21-22(54-16(53-21)6-13-4-2-1-3-5-13)28(52-15)38-12-36-18-24(30)32-10-34-26(18)38/h1-5,9-12,14-16,19-22,27-28,39-40H,6-8H2,(H,41,42)(H,43,44)(H,45,46)(H,47,48)(H2,29,31,33)(H2,30,32,34)/t14-,15+,16?,19-,20-,21+,22+,27-,28+/m0/s1. The minimum absolute atomic E-state index is 0.00489. The van der Waals surface area contributed by atoms with Crippen LogP contribution in [-0.4, -0.2) is 125 Å². The largest absolute Gasteiger partial charge is 0.490 e. The number of aromatic nitrogens is 8. The highest BCUT2D eigenvalue weighted by Gasteiger charge is 2.55. The zero-order chi connectivity index (χ0) is 43.5. The number of phosphoric ester groups is 2. The van der Waals surface area contributed by atoms with E-state index < -0.39 is 99.9 Å². The van der Waals surface area contributed by atoms with Crippen LogP contribution in [0.2, 0.25) is 0 Å². The number of nitrogens with two attached hydrogens (primary N) is 2. The molecule has 5 aromatic rings. The summed E-state index contributed by atoms with van der Waals surface area (Å²) in [6.07, 6.45) is -6.42. The van der Waals surface area contributed by atoms with Crippen LogP contribution < -0.4 is 11.5 Å². The van der Waals surface area contributed by atoms with Crippen molar-refractivity contribution < 1.29 is 89.0 Å². The van der Waals surface area contributed by atoms with Gasteiger partial charge in [0, 0.05) is 6.42 Å². The topological polar surface area (TPSA) is 412 Å². The predicted octanol–water partition coefficient (Wildman–Crippen LogP) is 0.185. The van der Waals surface area contributed by atoms with Crippen LogP contribution in [0.15, 0.2) is 55.6 Å². The highest BCUT2D eigenvalue weighted by molar-refractivity contribution is 7.69. The monoisotopic (exact) mass is 938 g/mol. The summed E-state index contributed by atoms with van der Waals surface area (Å²) in [6.45, 7) is -1.97. The first-order valence-corrected chi connectivity index (χ1v) is 23.4. The number of hydrogen-bond donors (Lipinski definition) is 8. The van der Waals surface area contributed by atoms with Crippen LogP contribution in [0.3, 0.4) is 0 Å². The number of nitrogens with zero attached hydrogens (tertiary/aromatic N) is 8. The van der Waals surface area contributed by atoms with Gasteiger partial charge in [0.25, 0.3) is 0 Å². The molecule has 3 fully saturated rings. The molecule has 10 N–H and O–H groups in total. The number of imidazole rings is 2. The second kappa shape index (κ2) is 16.7. The number of aliphatic hydroxyl groups excluding tert-OH is 2. The first kappa shape index (κ1) is 43.9. The molecule has 0 amide bonds. The Balaban J connectivity index is 0.877. The summed E-state index contributed by atoms with van der Waals surface area (Å²) in [6, 6.07) is 9.13. The average molecular weight is 939 g/mol. The number of phosphoric acid groups is 4. The van der Waals surface area contributed by atoms with E-state index in [1.165, 1.54) is 21.8 Å². The number of fused-ring (bicyclic) bond motifs is 3. The lowest BCUT2D eigenvalue weighted by atomic mass is 10.1. The number of ether oxygens (including phenoxy) is 4. The van der Waals surface area contributed by atoms with Crippen LogP contribution in [0.5, 0.6) is 0 Å². The summed E-state index contributed by atoms with van der Waals surface area (Å²) < 4.78 is 98.8. The third-order valence-electron chi connectivity index (χ3n) is 9.23. The van der Waals surface area contributed by atoms with Gasteiger partial charge in [-0.15, -0.1) is 0 Å². The quantitative estimate of drug-likeness (QED) is 0.0612. The molecule has 330 valence electrons. The van der Waals surface area contributed by atoms with E-state index in [9.17, 15) is 48.0 Å². The summed E-state index contributed by atoms with van der Waals surface area (Å²) in [5.41, 5.74) is 13.3. The molecule has 0 bridgehead atoms. The zero-order valence-electron chi connectivity index (χ0n) is 30.5. The minimum Gasteiger partial charge on any atom is -0.387 e. The van der Waals surface area contributed by atoms with Gasteiger partial charge < -0.3 is 60.2 Å². The Morgan fingerprint density at radius 3 is 1.67 bits per heavy atom. The van der Waals surface area contributed by atoms with Gasteiger partial charge in [-0.05, 0) is 5.56 Å². The molecule has 0 saturated carbocycles. The van der Waals surface area contributed by atoms with Crippen molar-refractivity contribution in [1.82, 2.24) is 39.0 Å². The minimum atomic E-state index is -6.19. The SMILES string of the molecule is Nc1ncnc2c1ncn2[C@@H]1O[C@H](COP(=O)(O)OP(=O)(O)OP(=O)(O)OP(=O)(O)OC[C@@H]2O[C@H](n3cnc4c(N)ncnc43)[C@@H](O)[C@H]2O)[C@H]2OC(Cc3ccccc3)O[C@H]21. The van der Waals surface area contributed by atoms with Crippen molar-refractivity contribution in [3.8, 4) is 0 Å². The van der Waals surface area contributed by atoms with E-state index in [1.807, 2.05) is 30.3 Å². The van der Waals surface area contributed by atoms with E-state index in [4.69, 9.17) is 34.9 Å². The lowest BCUT2D eigenvalue weighted by Crippen LogP contribution is -2.33. The van der Waals surface area contributed by atoms with Crippen molar-refractivity contribution in [3.63, 3.8) is 0 Å². The normalized spacial score (nSPS) is 30.5. The van der Waals surface area contributed by atoms with Gasteiger partial charge in [0.05, 0.1) is 25.9 Å². The van der Waals surface area contributed by atoms with Gasteiger partial charge >= 0.3 is 31.3 Å². The van der Waals surface area contributed by atoms with E-state index in [0.29, 0.717) is 0 Å². The molecule has 3 aliphatic heterocycles. The summed E-state index contributed by atoms with van der Waals surface area (Å²) in [5, 5.41) is 21.1. The molecule has 33 heteroatoms. The van der Waals surface area contributed by atoms with Crippen LogP contribution >= 0.6 is 31.3 Å². The number of aliphatic hydroxyl groups is 2. The molecular weight excluding hydrogens is 904 g/mol. The molecule has 5 unspecified atom stereocenters. The molecule has 29 nitrogen and oxygen atoms in total. The number of nitrogen functional groups attached to an aromatic ring is 2. The molecule has 8 rings (SSSR count). The van der Waals surface area contributed by atoms with Gasteiger partial charge in [0.1, 0.15) is 60.3 Å². The Bertz CT molecular complexity index is 2610. The van der Waals surface area contributed by atoms with Gasteiger partial charge in [-0.25, -0.2) is 48.2 Å². The Kier molecular flexibility index (Phi) is 12.0. The maximum absolute atomic E-state index is 12.9. The fourth-order valence-electron chi connectivity index (χ4n) is 6.67. The molecule has 3 aliphatic rings. The van der Waals surface area contributed by atoms with Crippen LogP contribution in [-0.2, 0) is 65.6 Å². The first-order chi connectivity index (χ1) is 28.8. The van der Waals surface area contributed by atoms with E-state index in [2.05, 4.69) is 47.4 Å². The van der Waals surface area contributed by atoms with E-state index in [1.54, 1.807) is 0 Å². The number of anilines is 2. The molecule has 4 aromatic heterocycles. The summed E-state index contributed by atoms with van der Waals surface area (Å²) in [5.74, 6) is 0.0661. The van der Waals surface area contributed by atoms with E-state index in [0.717, 1.165) is 18.2 Å². The third kappa shape index (κ3) is 9.46. The Labute approximate surface area is 340 Å². The smallest absolute Gasteiger partial charge is 0.387 e. The van der Waals surface area contributed by atoms with Gasteiger partial charge in [-0.3, -0.25) is 18.2 Å². The summed E-state index contributed by atoms with van der Waals surface area (Å²) in [4.78, 5) is 64.8. The molecule has 13 atom stereocenters. The number of rotatable bonds is 16. The highest BCUT2D eigenvalue weighted by Crippen LogP contribution is 2.71. The lowest BCUT2D eigenvalue weighted by molar-refractivity contribution is -0.149. The van der Waals surface area contributed by atoms with Crippen molar-refractivity contribution in [2.75, 3.05) is 24.7 Å². The second-order valence-electron chi connectivity index (χ2n) is 13.3. The van der Waals surface area contributed by atoms with Crippen LogP contribution in [0.1, 0.15) is 18.0 Å². The Morgan fingerprint density at radius 1 is 0.607 bits per heavy atom. The van der Waals surface area contributed by atoms with Crippen molar-refractivity contribution in [1.29, 1.82) is 0 Å². The Hall–Kier alpha value is -3.76. The van der Waals surface area contributed by atoms with Crippen molar-refractivity contribution in [2.24, 2.45) is 0 Å². The number of benzene rings is 1. The third-order valence-corrected chi connectivity index (χ3v) is 15.1. The molecule has 61 heavy (non-hydrogen) atoms. The summed E-state index contributed by atoms with van der Waals surface area (Å²) >= 11 is 0. The lowest BCUT2D eigenvalue weighted by Gasteiger charge is -2.23. The van der Waals surface area contributed by atoms with Gasteiger partial charge in [0.15, 0.2) is 41.7 Å². The van der Waals surface area contributed by atoms with E-state index in [-0.39, 0.29) is 40.4 Å². The Morgan fingerprint density at radius 2 is 1.10 bits per heavy atom. The van der Waals surface area contributed by atoms with Gasteiger partial charge in [-0.1, -0.05) is 30.3 Å². The molecular formula is C28H34N10O19P4.